The topological polar surface area (TPSA) is 165 Å². The van der Waals surface area contributed by atoms with E-state index in [0.717, 1.165) is 10.4 Å². The fourth-order valence-corrected chi connectivity index (χ4v) is 2.22. The van der Waals surface area contributed by atoms with Gasteiger partial charge in [-0.3, -0.25) is 14.4 Å². The van der Waals surface area contributed by atoms with E-state index in [2.05, 4.69) is 26.0 Å². The highest BCUT2D eigenvalue weighted by Crippen LogP contribution is 2.03. The molecule has 12 heteroatoms. The number of nitrogens with zero attached hydrogens (tertiary/aromatic N) is 4. The molecule has 0 aliphatic rings. The molecule has 3 N–H and O–H groups in total. The van der Waals surface area contributed by atoms with Gasteiger partial charge in [-0.1, -0.05) is 30.3 Å². The zero-order valence-electron chi connectivity index (χ0n) is 15.6. The van der Waals surface area contributed by atoms with Gasteiger partial charge in [0.1, 0.15) is 19.2 Å². The molecule has 0 aliphatic heterocycles. The van der Waals surface area contributed by atoms with E-state index in [9.17, 15) is 19.2 Å². The maximum Gasteiger partial charge on any atom is 0.408 e. The average molecular weight is 404 g/mol. The SMILES string of the molecule is CNC(=O)Cc1nnn(CC(=O)C(CC(=O)O)NC(=O)OCc2ccccc2)n1. The first-order chi connectivity index (χ1) is 13.9. The maximum absolute atomic E-state index is 12.4. The quantitative estimate of drug-likeness (QED) is 0.464. The van der Waals surface area contributed by atoms with E-state index in [4.69, 9.17) is 9.84 Å². The van der Waals surface area contributed by atoms with Crippen LogP contribution >= 0.6 is 0 Å². The Bertz CT molecular complexity index is 868. The van der Waals surface area contributed by atoms with Gasteiger partial charge >= 0.3 is 12.1 Å². The lowest BCUT2D eigenvalue weighted by atomic mass is 10.1. The number of rotatable bonds is 10. The summed E-state index contributed by atoms with van der Waals surface area (Å²) in [5.74, 6) is -2.17. The lowest BCUT2D eigenvalue weighted by Crippen LogP contribution is -2.44. The fraction of sp³-hybridized carbons (Fsp3) is 0.353. The Morgan fingerprint density at radius 2 is 1.93 bits per heavy atom. The summed E-state index contributed by atoms with van der Waals surface area (Å²) in [6.45, 7) is -0.466. The highest BCUT2D eigenvalue weighted by atomic mass is 16.5. The number of carbonyl (C=O) groups excluding carboxylic acids is 3. The molecule has 0 radical (unpaired) electrons. The van der Waals surface area contributed by atoms with Crippen LogP contribution in [-0.2, 0) is 38.7 Å². The van der Waals surface area contributed by atoms with Crippen molar-refractivity contribution in [2.75, 3.05) is 7.05 Å². The molecule has 0 fully saturated rings. The maximum atomic E-state index is 12.4. The average Bonchev–Trinajstić information content (AvgIpc) is 3.12. The summed E-state index contributed by atoms with van der Waals surface area (Å²) < 4.78 is 5.01. The summed E-state index contributed by atoms with van der Waals surface area (Å²) in [7, 11) is 1.45. The first-order valence-electron chi connectivity index (χ1n) is 8.56. The number of likely N-dealkylation sites (N-methyl/N-ethyl adjacent to an activating group) is 1. The van der Waals surface area contributed by atoms with E-state index in [0.29, 0.717) is 0 Å². The molecule has 0 bridgehead atoms. The summed E-state index contributed by atoms with van der Waals surface area (Å²) in [5.41, 5.74) is 0.735. The second-order valence-electron chi connectivity index (χ2n) is 5.91. The Labute approximate surface area is 165 Å². The number of amides is 2. The first-order valence-corrected chi connectivity index (χ1v) is 8.56. The molecule has 1 heterocycles. The molecule has 0 aliphatic carbocycles. The summed E-state index contributed by atoms with van der Waals surface area (Å²) in [6, 6.07) is 7.51. The Morgan fingerprint density at radius 1 is 1.21 bits per heavy atom. The third kappa shape index (κ3) is 7.36. The van der Waals surface area contributed by atoms with Crippen LogP contribution in [0.4, 0.5) is 4.79 Å². The highest BCUT2D eigenvalue weighted by molar-refractivity contribution is 5.90. The molecule has 0 spiro atoms. The second-order valence-corrected chi connectivity index (χ2v) is 5.91. The van der Waals surface area contributed by atoms with Gasteiger partial charge in [-0.2, -0.15) is 4.80 Å². The van der Waals surface area contributed by atoms with Crippen LogP contribution in [0.3, 0.4) is 0 Å². The van der Waals surface area contributed by atoms with Gasteiger partial charge in [-0.05, 0) is 10.8 Å². The standard InChI is InChI=1S/C17H20N6O6/c1-18-15(25)8-14-20-22-23(21-14)9-13(24)12(7-16(26)27)19-17(28)29-10-11-5-3-2-4-6-11/h2-6,12H,7-10H2,1H3,(H,18,25)(H,19,28)(H,26,27). The van der Waals surface area contributed by atoms with Crippen LogP contribution in [0.1, 0.15) is 17.8 Å². The lowest BCUT2D eigenvalue weighted by molar-refractivity contribution is -0.139. The van der Waals surface area contributed by atoms with Gasteiger partial charge in [0.25, 0.3) is 0 Å². The number of ketones is 1. The molecule has 12 nitrogen and oxygen atoms in total. The first kappa shape index (κ1) is 21.5. The zero-order chi connectivity index (χ0) is 21.2. The van der Waals surface area contributed by atoms with E-state index < -0.39 is 36.9 Å². The third-order valence-electron chi connectivity index (χ3n) is 3.66. The summed E-state index contributed by atoms with van der Waals surface area (Å²) in [4.78, 5) is 47.6. The molecule has 154 valence electrons. The van der Waals surface area contributed by atoms with Crippen molar-refractivity contribution in [3.8, 4) is 0 Å². The van der Waals surface area contributed by atoms with Crippen LogP contribution in [0, 0.1) is 0 Å². The monoisotopic (exact) mass is 404 g/mol. The second kappa shape index (κ2) is 10.5. The summed E-state index contributed by atoms with van der Waals surface area (Å²) in [5, 5.41) is 24.8. The molecule has 0 saturated carbocycles. The fourth-order valence-electron chi connectivity index (χ4n) is 2.22. The van der Waals surface area contributed by atoms with E-state index in [1.54, 1.807) is 24.3 Å². The van der Waals surface area contributed by atoms with Gasteiger partial charge in [0.2, 0.25) is 5.91 Å². The van der Waals surface area contributed by atoms with Gasteiger partial charge in [-0.15, -0.1) is 10.2 Å². The van der Waals surface area contributed by atoms with Crippen molar-refractivity contribution < 1.29 is 29.0 Å². The molecule has 1 atom stereocenters. The minimum Gasteiger partial charge on any atom is -0.481 e. The summed E-state index contributed by atoms with van der Waals surface area (Å²) >= 11 is 0. The number of alkyl carbamates (subject to hydrolysis) is 1. The smallest absolute Gasteiger partial charge is 0.408 e. The van der Waals surface area contributed by atoms with Crippen LogP contribution < -0.4 is 10.6 Å². The van der Waals surface area contributed by atoms with E-state index in [-0.39, 0.29) is 24.8 Å². The van der Waals surface area contributed by atoms with Crippen LogP contribution in [-0.4, -0.2) is 62.2 Å². The van der Waals surface area contributed by atoms with Crippen LogP contribution in [0.25, 0.3) is 0 Å². The van der Waals surface area contributed by atoms with Gasteiger partial charge in [0.15, 0.2) is 11.6 Å². The zero-order valence-corrected chi connectivity index (χ0v) is 15.6. The van der Waals surface area contributed by atoms with E-state index in [1.807, 2.05) is 6.07 Å². The Hall–Kier alpha value is -3.83. The largest absolute Gasteiger partial charge is 0.481 e. The molecule has 0 saturated heterocycles. The minimum absolute atomic E-state index is 0.0336. The predicted molar refractivity (Wildman–Crippen MR) is 96.4 cm³/mol. The number of ether oxygens (including phenoxy) is 1. The highest BCUT2D eigenvalue weighted by Gasteiger charge is 2.25. The van der Waals surface area contributed by atoms with Crippen molar-refractivity contribution in [3.05, 3.63) is 41.7 Å². The number of nitrogens with one attached hydrogen (secondary N) is 2. The number of hydrogen-bond donors (Lipinski definition) is 3. The molecular formula is C17H20N6O6. The number of carboxylic acids is 1. The number of tetrazole rings is 1. The van der Waals surface area contributed by atoms with Crippen LogP contribution in [0.5, 0.6) is 0 Å². The van der Waals surface area contributed by atoms with Gasteiger partial charge in [0.05, 0.1) is 12.8 Å². The van der Waals surface area contributed by atoms with Gasteiger partial charge in [0, 0.05) is 7.05 Å². The number of aromatic nitrogens is 4. The minimum atomic E-state index is -1.34. The Balaban J connectivity index is 1.94. The summed E-state index contributed by atoms with van der Waals surface area (Å²) in [6.07, 6.45) is -1.69. The van der Waals surface area contributed by atoms with Crippen molar-refractivity contribution in [3.63, 3.8) is 0 Å². The molecule has 1 aromatic heterocycles. The van der Waals surface area contributed by atoms with Crippen molar-refractivity contribution in [2.24, 2.45) is 0 Å². The molecule has 1 aromatic carbocycles. The number of aliphatic carboxylic acids is 1. The molecule has 2 rings (SSSR count). The van der Waals surface area contributed by atoms with Gasteiger partial charge in [-0.25, -0.2) is 4.79 Å². The van der Waals surface area contributed by atoms with E-state index in [1.165, 1.54) is 7.05 Å². The lowest BCUT2D eigenvalue weighted by Gasteiger charge is -2.15. The Morgan fingerprint density at radius 3 is 2.59 bits per heavy atom. The van der Waals surface area contributed by atoms with Crippen molar-refractivity contribution in [1.82, 2.24) is 30.8 Å². The molecule has 2 aromatic rings. The van der Waals surface area contributed by atoms with Crippen LogP contribution in [0.2, 0.25) is 0 Å². The molecule has 29 heavy (non-hydrogen) atoms. The Kier molecular flexibility index (Phi) is 7.77. The number of benzene rings is 1. The number of Topliss-reactive ketones (excluding diaryl/α,β-unsaturated/α-hetero) is 1. The van der Waals surface area contributed by atoms with Gasteiger partial charge < -0.3 is 20.5 Å². The molecule has 1 unspecified atom stereocenters. The van der Waals surface area contributed by atoms with Crippen molar-refractivity contribution in [1.29, 1.82) is 0 Å². The van der Waals surface area contributed by atoms with Crippen molar-refractivity contribution >= 4 is 23.8 Å². The number of carbonyl (C=O) groups is 4. The third-order valence-corrected chi connectivity index (χ3v) is 3.66. The molecule has 2 amide bonds. The predicted octanol–water partition coefficient (Wildman–Crippen LogP) is -0.700. The van der Waals surface area contributed by atoms with E-state index >= 15 is 0 Å². The van der Waals surface area contributed by atoms with Crippen LogP contribution in [0.15, 0.2) is 30.3 Å². The van der Waals surface area contributed by atoms with Crippen molar-refractivity contribution in [2.45, 2.75) is 32.0 Å². The number of carboxylic acid groups (broad SMARTS) is 1. The molecular weight excluding hydrogens is 384 g/mol. The number of hydrogen-bond acceptors (Lipinski definition) is 8. The normalized spacial score (nSPS) is 11.3.